The lowest BCUT2D eigenvalue weighted by Crippen LogP contribution is -2.27. The molecule has 1 aromatic heterocycles. The molecule has 0 aliphatic heterocycles. The van der Waals surface area contributed by atoms with Crippen molar-refractivity contribution in [2.45, 2.75) is 45.1 Å². The molecule has 1 heterocycles. The molecule has 1 aliphatic carbocycles. The van der Waals surface area contributed by atoms with Crippen LogP contribution in [-0.4, -0.2) is 47.1 Å². The average molecular weight is 291 g/mol. The number of aromatic nitrogens is 1. The first-order chi connectivity index (χ1) is 9.77. The number of hydrogen-bond donors (Lipinski definition) is 2. The van der Waals surface area contributed by atoms with Gasteiger partial charge in [0.05, 0.1) is 5.56 Å². The molecule has 2 N–H and O–H groups in total. The smallest absolute Gasteiger partial charge is 0.335 e. The number of anilines is 1. The molecule has 0 aromatic carbocycles. The normalized spacial score (nSPS) is 15.3. The fourth-order valence-corrected chi connectivity index (χ4v) is 2.19. The summed E-state index contributed by atoms with van der Waals surface area (Å²) >= 11 is 0. The van der Waals surface area contributed by atoms with Gasteiger partial charge in [0.2, 0.25) is 0 Å². The molecule has 21 heavy (non-hydrogen) atoms. The van der Waals surface area contributed by atoms with Crippen molar-refractivity contribution >= 4 is 11.8 Å². The molecule has 1 saturated carbocycles. The van der Waals surface area contributed by atoms with Crippen molar-refractivity contribution in [1.82, 2.24) is 9.88 Å². The molecule has 0 unspecified atom stereocenters. The van der Waals surface area contributed by atoms with Gasteiger partial charge in [0.1, 0.15) is 5.82 Å². The van der Waals surface area contributed by atoms with Gasteiger partial charge in [0, 0.05) is 30.2 Å². The lowest BCUT2D eigenvalue weighted by Gasteiger charge is -2.20. The highest BCUT2D eigenvalue weighted by atomic mass is 16.4. The Morgan fingerprint density at radius 3 is 2.62 bits per heavy atom. The third kappa shape index (κ3) is 4.43. The van der Waals surface area contributed by atoms with Crippen LogP contribution >= 0.6 is 0 Å². The molecule has 0 saturated heterocycles. The SMILES string of the molecule is CN(CCNc1cc(C(=O)O)cc(C(C)(C)C)n1)C1CC1. The maximum absolute atomic E-state index is 11.2. The number of rotatable bonds is 6. The number of hydrogen-bond acceptors (Lipinski definition) is 4. The first kappa shape index (κ1) is 15.8. The molecular formula is C16H25N3O2. The van der Waals surface area contributed by atoms with Crippen LogP contribution in [0.1, 0.15) is 49.7 Å². The Labute approximate surface area is 126 Å². The van der Waals surface area contributed by atoms with E-state index in [1.807, 2.05) is 20.8 Å². The predicted molar refractivity (Wildman–Crippen MR) is 84.0 cm³/mol. The summed E-state index contributed by atoms with van der Waals surface area (Å²) in [5.74, 6) is -0.273. The van der Waals surface area contributed by atoms with Gasteiger partial charge in [-0.15, -0.1) is 0 Å². The van der Waals surface area contributed by atoms with Crippen molar-refractivity contribution in [3.05, 3.63) is 23.4 Å². The summed E-state index contributed by atoms with van der Waals surface area (Å²) in [7, 11) is 2.13. The van der Waals surface area contributed by atoms with Crippen LogP contribution in [-0.2, 0) is 5.41 Å². The number of aromatic carboxylic acids is 1. The summed E-state index contributed by atoms with van der Waals surface area (Å²) in [4.78, 5) is 18.1. The summed E-state index contributed by atoms with van der Waals surface area (Å²) in [6, 6.07) is 3.99. The minimum absolute atomic E-state index is 0.174. The first-order valence-corrected chi connectivity index (χ1v) is 7.47. The Morgan fingerprint density at radius 2 is 2.10 bits per heavy atom. The molecule has 0 bridgehead atoms. The molecule has 0 amide bonds. The minimum atomic E-state index is -0.916. The van der Waals surface area contributed by atoms with Gasteiger partial charge < -0.3 is 15.3 Å². The van der Waals surface area contributed by atoms with Gasteiger partial charge in [-0.1, -0.05) is 20.8 Å². The number of nitrogens with one attached hydrogen (secondary N) is 1. The van der Waals surface area contributed by atoms with E-state index in [0.717, 1.165) is 24.8 Å². The Kier molecular flexibility index (Phi) is 4.52. The Hall–Kier alpha value is -1.62. The van der Waals surface area contributed by atoms with Gasteiger partial charge in [-0.3, -0.25) is 0 Å². The van der Waals surface area contributed by atoms with Crippen LogP contribution in [0.3, 0.4) is 0 Å². The van der Waals surface area contributed by atoms with Gasteiger partial charge in [-0.2, -0.15) is 0 Å². The van der Waals surface area contributed by atoms with E-state index in [1.54, 1.807) is 12.1 Å². The number of carboxylic acids is 1. The van der Waals surface area contributed by atoms with E-state index in [9.17, 15) is 9.90 Å². The lowest BCUT2D eigenvalue weighted by atomic mass is 9.91. The minimum Gasteiger partial charge on any atom is -0.478 e. The average Bonchev–Trinajstić information content (AvgIpc) is 3.21. The van der Waals surface area contributed by atoms with E-state index >= 15 is 0 Å². The van der Waals surface area contributed by atoms with Crippen LogP contribution in [0.15, 0.2) is 12.1 Å². The topological polar surface area (TPSA) is 65.5 Å². The third-order valence-electron chi connectivity index (χ3n) is 3.78. The Bertz CT molecular complexity index is 519. The van der Waals surface area contributed by atoms with Crippen LogP contribution in [0, 0.1) is 0 Å². The molecule has 1 fully saturated rings. The number of nitrogens with zero attached hydrogens (tertiary/aromatic N) is 2. The quantitative estimate of drug-likeness (QED) is 0.843. The molecule has 116 valence electrons. The van der Waals surface area contributed by atoms with Crippen molar-refractivity contribution in [2.75, 3.05) is 25.5 Å². The van der Waals surface area contributed by atoms with E-state index in [-0.39, 0.29) is 11.0 Å². The molecule has 5 heteroatoms. The van der Waals surface area contributed by atoms with Gasteiger partial charge >= 0.3 is 5.97 Å². The summed E-state index contributed by atoms with van der Waals surface area (Å²) in [6.45, 7) is 7.81. The van der Waals surface area contributed by atoms with Gasteiger partial charge in [0.15, 0.2) is 0 Å². The van der Waals surface area contributed by atoms with E-state index in [0.29, 0.717) is 5.82 Å². The van der Waals surface area contributed by atoms with Crippen molar-refractivity contribution in [3.63, 3.8) is 0 Å². The van der Waals surface area contributed by atoms with E-state index in [2.05, 4.69) is 22.2 Å². The zero-order valence-electron chi connectivity index (χ0n) is 13.3. The number of carbonyl (C=O) groups is 1. The summed E-state index contributed by atoms with van der Waals surface area (Å²) in [5, 5.41) is 12.5. The van der Waals surface area contributed by atoms with Crippen molar-refractivity contribution < 1.29 is 9.90 Å². The molecule has 0 radical (unpaired) electrons. The number of likely N-dealkylation sites (N-methyl/N-ethyl adjacent to an activating group) is 1. The van der Waals surface area contributed by atoms with E-state index in [4.69, 9.17) is 0 Å². The summed E-state index contributed by atoms with van der Waals surface area (Å²) in [6.07, 6.45) is 2.58. The zero-order chi connectivity index (χ0) is 15.6. The fraction of sp³-hybridized carbons (Fsp3) is 0.625. The van der Waals surface area contributed by atoms with Crippen molar-refractivity contribution in [1.29, 1.82) is 0 Å². The van der Waals surface area contributed by atoms with Crippen molar-refractivity contribution in [2.24, 2.45) is 0 Å². The van der Waals surface area contributed by atoms with Gasteiger partial charge in [0.25, 0.3) is 0 Å². The molecule has 2 rings (SSSR count). The highest BCUT2D eigenvalue weighted by Gasteiger charge is 2.25. The summed E-state index contributed by atoms with van der Waals surface area (Å²) < 4.78 is 0. The second-order valence-corrected chi connectivity index (χ2v) is 6.82. The molecule has 5 nitrogen and oxygen atoms in total. The number of carboxylic acid groups (broad SMARTS) is 1. The van der Waals surface area contributed by atoms with E-state index in [1.165, 1.54) is 12.8 Å². The second kappa shape index (κ2) is 6.02. The van der Waals surface area contributed by atoms with Crippen LogP contribution < -0.4 is 5.32 Å². The first-order valence-electron chi connectivity index (χ1n) is 7.47. The Morgan fingerprint density at radius 1 is 1.43 bits per heavy atom. The standard InChI is InChI=1S/C16H25N3O2/c1-16(2,3)13-9-11(15(20)21)10-14(18-13)17-7-8-19(4)12-5-6-12/h9-10,12H,5-8H2,1-4H3,(H,17,18)(H,20,21). The van der Waals surface area contributed by atoms with Gasteiger partial charge in [-0.05, 0) is 32.0 Å². The maximum atomic E-state index is 11.2. The van der Waals surface area contributed by atoms with Crippen molar-refractivity contribution in [3.8, 4) is 0 Å². The highest BCUT2D eigenvalue weighted by molar-refractivity contribution is 5.88. The maximum Gasteiger partial charge on any atom is 0.335 e. The highest BCUT2D eigenvalue weighted by Crippen LogP contribution is 2.25. The van der Waals surface area contributed by atoms with Crippen LogP contribution in [0.4, 0.5) is 5.82 Å². The number of pyridine rings is 1. The molecular weight excluding hydrogens is 266 g/mol. The lowest BCUT2D eigenvalue weighted by molar-refractivity contribution is 0.0696. The molecule has 1 aromatic rings. The fourth-order valence-electron chi connectivity index (χ4n) is 2.19. The van der Waals surface area contributed by atoms with Crippen LogP contribution in [0.2, 0.25) is 0 Å². The predicted octanol–water partition coefficient (Wildman–Crippen LogP) is 2.58. The molecule has 0 atom stereocenters. The molecule has 1 aliphatic rings. The van der Waals surface area contributed by atoms with Crippen LogP contribution in [0.25, 0.3) is 0 Å². The monoisotopic (exact) mass is 291 g/mol. The third-order valence-corrected chi connectivity index (χ3v) is 3.78. The van der Waals surface area contributed by atoms with Crippen LogP contribution in [0.5, 0.6) is 0 Å². The second-order valence-electron chi connectivity index (χ2n) is 6.82. The summed E-state index contributed by atoms with van der Waals surface area (Å²) in [5.41, 5.74) is 0.903. The zero-order valence-corrected chi connectivity index (χ0v) is 13.3. The largest absolute Gasteiger partial charge is 0.478 e. The Balaban J connectivity index is 2.06. The molecule has 0 spiro atoms. The van der Waals surface area contributed by atoms with Gasteiger partial charge in [-0.25, -0.2) is 9.78 Å². The van der Waals surface area contributed by atoms with E-state index < -0.39 is 5.97 Å².